The molecule has 112 valence electrons. The number of para-hydroxylation sites is 1. The molecule has 0 saturated heterocycles. The number of H-pyrrole nitrogens is 1. The summed E-state index contributed by atoms with van der Waals surface area (Å²) in [6, 6.07) is 17.3. The Morgan fingerprint density at radius 3 is 2.83 bits per heavy atom. The molecule has 0 radical (unpaired) electrons. The van der Waals surface area contributed by atoms with Crippen LogP contribution in [0.4, 0.5) is 5.69 Å². The van der Waals surface area contributed by atoms with Gasteiger partial charge in [0.15, 0.2) is 0 Å². The van der Waals surface area contributed by atoms with Gasteiger partial charge in [-0.05, 0) is 30.3 Å². The van der Waals surface area contributed by atoms with E-state index in [-0.39, 0.29) is 5.91 Å². The number of benzene rings is 2. The van der Waals surface area contributed by atoms with Gasteiger partial charge in [0.1, 0.15) is 10.7 Å². The minimum atomic E-state index is -0.219. The molecule has 0 fully saturated rings. The molecule has 2 aromatic heterocycles. The molecule has 5 nitrogen and oxygen atoms in total. The number of rotatable bonds is 3. The monoisotopic (exact) mass is 320 g/mol. The third-order valence-electron chi connectivity index (χ3n) is 3.41. The van der Waals surface area contributed by atoms with Crippen LogP contribution in [-0.4, -0.2) is 21.1 Å². The number of nitrogens with one attached hydrogen (secondary N) is 2. The van der Waals surface area contributed by atoms with E-state index < -0.39 is 0 Å². The molecule has 4 aromatic rings. The fourth-order valence-electron chi connectivity index (χ4n) is 2.31. The number of aromatic amines is 1. The van der Waals surface area contributed by atoms with E-state index in [1.165, 1.54) is 0 Å². The lowest BCUT2D eigenvalue weighted by Gasteiger charge is -2.05. The van der Waals surface area contributed by atoms with Crippen LogP contribution in [0.2, 0.25) is 0 Å². The van der Waals surface area contributed by atoms with Gasteiger partial charge in [-0.2, -0.15) is 5.10 Å². The largest absolute Gasteiger partial charge is 0.321 e. The van der Waals surface area contributed by atoms with Crippen LogP contribution < -0.4 is 5.32 Å². The van der Waals surface area contributed by atoms with Gasteiger partial charge in [-0.25, -0.2) is 4.98 Å². The van der Waals surface area contributed by atoms with Crippen molar-refractivity contribution in [2.24, 2.45) is 0 Å². The summed E-state index contributed by atoms with van der Waals surface area (Å²) >= 11 is 1.64. The zero-order valence-corrected chi connectivity index (χ0v) is 12.8. The second kappa shape index (κ2) is 5.66. The molecule has 0 bridgehead atoms. The number of carbonyl (C=O) groups excluding carboxylic acids is 1. The van der Waals surface area contributed by atoms with Crippen molar-refractivity contribution >= 4 is 33.1 Å². The molecule has 4 rings (SSSR count). The van der Waals surface area contributed by atoms with Gasteiger partial charge in [-0.3, -0.25) is 9.89 Å². The molecule has 0 aliphatic rings. The quantitative estimate of drug-likeness (QED) is 0.600. The number of hydrogen-bond donors (Lipinski definition) is 2. The van der Waals surface area contributed by atoms with E-state index in [0.717, 1.165) is 26.5 Å². The lowest BCUT2D eigenvalue weighted by molar-refractivity contribution is 0.102. The second-order valence-electron chi connectivity index (χ2n) is 4.99. The van der Waals surface area contributed by atoms with Crippen LogP contribution in [-0.2, 0) is 0 Å². The van der Waals surface area contributed by atoms with E-state index in [1.807, 2.05) is 42.5 Å². The molecule has 1 amide bonds. The van der Waals surface area contributed by atoms with E-state index in [2.05, 4.69) is 26.6 Å². The molecule has 0 aliphatic carbocycles. The number of amides is 1. The topological polar surface area (TPSA) is 70.7 Å². The first-order valence-corrected chi connectivity index (χ1v) is 7.88. The standard InChI is InChI=1S/C17H12N4OS/c22-16(14-8-9-18-21-14)19-12-5-3-4-11(10-12)17-20-13-6-1-2-7-15(13)23-17/h1-10H,(H,18,21)(H,19,22). The predicted molar refractivity (Wildman–Crippen MR) is 91.6 cm³/mol. The minimum absolute atomic E-state index is 0.219. The number of fused-ring (bicyclic) bond motifs is 1. The minimum Gasteiger partial charge on any atom is -0.321 e. The Labute approximate surface area is 136 Å². The number of hydrogen-bond acceptors (Lipinski definition) is 4. The van der Waals surface area contributed by atoms with E-state index in [4.69, 9.17) is 0 Å². The van der Waals surface area contributed by atoms with Crippen LogP contribution in [0, 0.1) is 0 Å². The summed E-state index contributed by atoms with van der Waals surface area (Å²) in [5.41, 5.74) is 3.12. The van der Waals surface area contributed by atoms with Crippen molar-refractivity contribution in [1.29, 1.82) is 0 Å². The maximum atomic E-state index is 12.1. The fourth-order valence-corrected chi connectivity index (χ4v) is 3.27. The predicted octanol–water partition coefficient (Wildman–Crippen LogP) is 3.94. The summed E-state index contributed by atoms with van der Waals surface area (Å²) in [6.45, 7) is 0. The van der Waals surface area contributed by atoms with Gasteiger partial charge in [0.25, 0.3) is 5.91 Å². The van der Waals surface area contributed by atoms with Gasteiger partial charge in [-0.15, -0.1) is 11.3 Å². The van der Waals surface area contributed by atoms with E-state index in [9.17, 15) is 4.79 Å². The third-order valence-corrected chi connectivity index (χ3v) is 4.49. The van der Waals surface area contributed by atoms with Gasteiger partial charge in [-0.1, -0.05) is 24.3 Å². The highest BCUT2D eigenvalue weighted by Crippen LogP contribution is 2.31. The lowest BCUT2D eigenvalue weighted by Crippen LogP contribution is -2.12. The van der Waals surface area contributed by atoms with E-state index >= 15 is 0 Å². The van der Waals surface area contributed by atoms with Gasteiger partial charge in [0.2, 0.25) is 0 Å². The Morgan fingerprint density at radius 1 is 1.09 bits per heavy atom. The molecule has 0 atom stereocenters. The molecule has 2 aromatic carbocycles. The zero-order valence-electron chi connectivity index (χ0n) is 12.0. The lowest BCUT2D eigenvalue weighted by atomic mass is 10.2. The van der Waals surface area contributed by atoms with Crippen molar-refractivity contribution in [1.82, 2.24) is 15.2 Å². The summed E-state index contributed by atoms with van der Waals surface area (Å²) in [5.74, 6) is -0.219. The van der Waals surface area contributed by atoms with Crippen molar-refractivity contribution in [3.8, 4) is 10.6 Å². The van der Waals surface area contributed by atoms with Crippen molar-refractivity contribution in [3.63, 3.8) is 0 Å². The highest BCUT2D eigenvalue weighted by molar-refractivity contribution is 7.21. The Kier molecular flexibility index (Phi) is 3.36. The summed E-state index contributed by atoms with van der Waals surface area (Å²) in [7, 11) is 0. The van der Waals surface area contributed by atoms with Gasteiger partial charge < -0.3 is 5.32 Å². The Morgan fingerprint density at radius 2 is 2.00 bits per heavy atom. The number of thiazole rings is 1. The van der Waals surface area contributed by atoms with Crippen LogP contribution in [0.15, 0.2) is 60.8 Å². The molecule has 0 aliphatic heterocycles. The van der Waals surface area contributed by atoms with Gasteiger partial charge >= 0.3 is 0 Å². The molecule has 2 N–H and O–H groups in total. The van der Waals surface area contributed by atoms with Crippen molar-refractivity contribution in [3.05, 3.63) is 66.5 Å². The highest BCUT2D eigenvalue weighted by Gasteiger charge is 2.09. The van der Waals surface area contributed by atoms with Crippen molar-refractivity contribution < 1.29 is 4.79 Å². The number of carbonyl (C=O) groups is 1. The first-order valence-electron chi connectivity index (χ1n) is 7.06. The van der Waals surface area contributed by atoms with Crippen LogP contribution in [0.3, 0.4) is 0 Å². The molecule has 0 unspecified atom stereocenters. The van der Waals surface area contributed by atoms with E-state index in [1.54, 1.807) is 23.6 Å². The maximum Gasteiger partial charge on any atom is 0.273 e. The van der Waals surface area contributed by atoms with Crippen LogP contribution >= 0.6 is 11.3 Å². The number of aromatic nitrogens is 3. The molecular weight excluding hydrogens is 308 g/mol. The fraction of sp³-hybridized carbons (Fsp3) is 0. The summed E-state index contributed by atoms with van der Waals surface area (Å²) in [5, 5.41) is 10.2. The maximum absolute atomic E-state index is 12.1. The smallest absolute Gasteiger partial charge is 0.273 e. The SMILES string of the molecule is O=C(Nc1cccc(-c2nc3ccccc3s2)c1)c1ccn[nH]1. The molecule has 6 heteroatoms. The molecule has 2 heterocycles. The normalized spacial score (nSPS) is 10.8. The number of anilines is 1. The first-order chi connectivity index (χ1) is 11.3. The summed E-state index contributed by atoms with van der Waals surface area (Å²) < 4.78 is 1.15. The van der Waals surface area contributed by atoms with Crippen molar-refractivity contribution in [2.45, 2.75) is 0 Å². The van der Waals surface area contributed by atoms with Gasteiger partial charge in [0.05, 0.1) is 10.2 Å². The van der Waals surface area contributed by atoms with Crippen LogP contribution in [0.1, 0.15) is 10.5 Å². The van der Waals surface area contributed by atoms with E-state index in [0.29, 0.717) is 5.69 Å². The first kappa shape index (κ1) is 13.7. The second-order valence-corrected chi connectivity index (χ2v) is 6.02. The Hall–Kier alpha value is -2.99. The third kappa shape index (κ3) is 2.72. The molecule has 0 spiro atoms. The Balaban J connectivity index is 1.64. The van der Waals surface area contributed by atoms with Crippen LogP contribution in [0.25, 0.3) is 20.8 Å². The van der Waals surface area contributed by atoms with Crippen LogP contribution in [0.5, 0.6) is 0 Å². The summed E-state index contributed by atoms with van der Waals surface area (Å²) in [4.78, 5) is 16.7. The molecular formula is C17H12N4OS. The van der Waals surface area contributed by atoms with Gasteiger partial charge in [0, 0.05) is 17.4 Å². The molecule has 23 heavy (non-hydrogen) atoms. The van der Waals surface area contributed by atoms with Crippen molar-refractivity contribution in [2.75, 3.05) is 5.32 Å². The highest BCUT2D eigenvalue weighted by atomic mass is 32.1. The average molecular weight is 320 g/mol. The Bertz CT molecular complexity index is 942. The average Bonchev–Trinajstić information content (AvgIpc) is 3.24. The zero-order chi connectivity index (χ0) is 15.6. The number of nitrogens with zero attached hydrogens (tertiary/aromatic N) is 2. The molecule has 0 saturated carbocycles. The summed E-state index contributed by atoms with van der Waals surface area (Å²) in [6.07, 6.45) is 1.55.